The van der Waals surface area contributed by atoms with Crippen LogP contribution in [0, 0.1) is 0 Å². The Kier molecular flexibility index (Phi) is 5.80. The second-order valence-corrected chi connectivity index (χ2v) is 6.78. The van der Waals surface area contributed by atoms with Gasteiger partial charge in [0.15, 0.2) is 0 Å². The summed E-state index contributed by atoms with van der Waals surface area (Å²) >= 11 is 5.86. The molecule has 0 aliphatic carbocycles. The molecule has 0 bridgehead atoms. The van der Waals surface area contributed by atoms with E-state index >= 15 is 0 Å². The van der Waals surface area contributed by atoms with Gasteiger partial charge in [0, 0.05) is 5.02 Å². The summed E-state index contributed by atoms with van der Waals surface area (Å²) in [6.07, 6.45) is 2.42. The maximum atomic E-state index is 12.8. The highest BCUT2D eigenvalue weighted by Gasteiger charge is 2.36. The number of hydrogen-bond donors (Lipinski definition) is 1. The van der Waals surface area contributed by atoms with Gasteiger partial charge in [0.2, 0.25) is 0 Å². The number of rotatable bonds is 5. The molecule has 1 N–H and O–H groups in total. The number of barbiturate groups is 1. The number of imide groups is 2. The molecule has 0 unspecified atom stereocenters. The molecule has 3 rings (SSSR count). The van der Waals surface area contributed by atoms with Crippen molar-refractivity contribution >= 4 is 41.2 Å². The number of anilines is 1. The first-order valence-electron chi connectivity index (χ1n) is 8.82. The van der Waals surface area contributed by atoms with Gasteiger partial charge >= 0.3 is 6.03 Å². The van der Waals surface area contributed by atoms with Crippen LogP contribution in [0.4, 0.5) is 10.5 Å². The summed E-state index contributed by atoms with van der Waals surface area (Å²) < 4.78 is 5.72. The first-order valence-corrected chi connectivity index (χ1v) is 9.20. The van der Waals surface area contributed by atoms with Crippen molar-refractivity contribution in [3.05, 3.63) is 64.7 Å². The van der Waals surface area contributed by atoms with Gasteiger partial charge in [0.1, 0.15) is 11.3 Å². The summed E-state index contributed by atoms with van der Waals surface area (Å²) in [5.74, 6) is -0.731. The van der Waals surface area contributed by atoms with E-state index in [-0.39, 0.29) is 11.7 Å². The largest absolute Gasteiger partial charge is 0.491 e. The van der Waals surface area contributed by atoms with E-state index in [1.54, 1.807) is 36.4 Å². The summed E-state index contributed by atoms with van der Waals surface area (Å²) in [4.78, 5) is 38.1. The molecule has 144 valence electrons. The molecule has 0 aromatic heterocycles. The highest BCUT2D eigenvalue weighted by atomic mass is 35.5. The summed E-state index contributed by atoms with van der Waals surface area (Å²) in [7, 11) is 0. The Morgan fingerprint density at radius 1 is 1.07 bits per heavy atom. The fourth-order valence-electron chi connectivity index (χ4n) is 2.61. The van der Waals surface area contributed by atoms with E-state index in [2.05, 4.69) is 5.32 Å². The highest BCUT2D eigenvalue weighted by molar-refractivity contribution is 6.39. The van der Waals surface area contributed by atoms with Crippen molar-refractivity contribution in [2.24, 2.45) is 0 Å². The lowest BCUT2D eigenvalue weighted by Crippen LogP contribution is -2.54. The number of hydrogen-bond acceptors (Lipinski definition) is 4. The van der Waals surface area contributed by atoms with Crippen molar-refractivity contribution in [1.82, 2.24) is 5.32 Å². The van der Waals surface area contributed by atoms with Gasteiger partial charge in [0.25, 0.3) is 11.8 Å². The third kappa shape index (κ3) is 4.23. The lowest BCUT2D eigenvalue weighted by Gasteiger charge is -2.26. The van der Waals surface area contributed by atoms with E-state index in [1.807, 2.05) is 13.8 Å². The summed E-state index contributed by atoms with van der Waals surface area (Å²) in [5, 5.41) is 2.66. The first kappa shape index (κ1) is 19.6. The highest BCUT2D eigenvalue weighted by Crippen LogP contribution is 2.24. The fourth-order valence-corrected chi connectivity index (χ4v) is 2.73. The minimum atomic E-state index is -0.799. The van der Waals surface area contributed by atoms with Gasteiger partial charge in [-0.3, -0.25) is 14.9 Å². The predicted octanol–water partition coefficient (Wildman–Crippen LogP) is 4.18. The van der Waals surface area contributed by atoms with Gasteiger partial charge in [-0.05, 0) is 61.4 Å². The monoisotopic (exact) mass is 398 g/mol. The Labute approximate surface area is 167 Å². The second-order valence-electron chi connectivity index (χ2n) is 6.34. The third-order valence-corrected chi connectivity index (χ3v) is 4.54. The molecule has 7 heteroatoms. The molecule has 1 aliphatic rings. The van der Waals surface area contributed by atoms with Gasteiger partial charge in [-0.15, -0.1) is 0 Å². The van der Waals surface area contributed by atoms with Crippen molar-refractivity contribution < 1.29 is 19.1 Å². The van der Waals surface area contributed by atoms with Crippen LogP contribution in [0.5, 0.6) is 5.75 Å². The van der Waals surface area contributed by atoms with E-state index in [1.165, 1.54) is 18.2 Å². The number of carbonyl (C=O) groups is 3. The van der Waals surface area contributed by atoms with Gasteiger partial charge in [0.05, 0.1) is 11.8 Å². The standard InChI is InChI=1S/C21H19ClN2O4/c1-3-13(2)28-17-10-4-14(5-11-17)12-18-19(25)23-21(27)24(20(18)26)16-8-6-15(22)7-9-16/h4-13H,3H2,1-2H3,(H,23,25,27)/b18-12-/t13-/m0/s1. The molecule has 2 aromatic carbocycles. The van der Waals surface area contributed by atoms with Crippen LogP contribution in [0.15, 0.2) is 54.1 Å². The smallest absolute Gasteiger partial charge is 0.335 e. The number of ether oxygens (including phenoxy) is 1. The number of urea groups is 1. The second kappa shape index (κ2) is 8.27. The molecule has 1 atom stereocenters. The van der Waals surface area contributed by atoms with Crippen LogP contribution in [0.2, 0.25) is 5.02 Å². The molecule has 1 fully saturated rings. The molecular formula is C21H19ClN2O4. The lowest BCUT2D eigenvalue weighted by atomic mass is 10.1. The van der Waals surface area contributed by atoms with E-state index in [0.717, 1.165) is 11.3 Å². The van der Waals surface area contributed by atoms with E-state index in [0.29, 0.717) is 22.0 Å². The topological polar surface area (TPSA) is 75.7 Å². The molecule has 1 saturated heterocycles. The molecule has 0 saturated carbocycles. The van der Waals surface area contributed by atoms with Crippen LogP contribution < -0.4 is 15.0 Å². The number of benzene rings is 2. The molecule has 1 heterocycles. The number of nitrogens with zero attached hydrogens (tertiary/aromatic N) is 1. The minimum absolute atomic E-state index is 0.0915. The van der Waals surface area contributed by atoms with Gasteiger partial charge in [-0.25, -0.2) is 9.69 Å². The van der Waals surface area contributed by atoms with Crippen molar-refractivity contribution in [1.29, 1.82) is 0 Å². The normalized spacial score (nSPS) is 16.9. The van der Waals surface area contributed by atoms with Crippen molar-refractivity contribution in [2.75, 3.05) is 4.90 Å². The van der Waals surface area contributed by atoms with Crippen LogP contribution >= 0.6 is 11.6 Å². The fraction of sp³-hybridized carbons (Fsp3) is 0.190. The Bertz CT molecular complexity index is 936. The van der Waals surface area contributed by atoms with Crippen molar-refractivity contribution in [2.45, 2.75) is 26.4 Å². The van der Waals surface area contributed by atoms with Crippen LogP contribution in [-0.4, -0.2) is 23.9 Å². The Morgan fingerprint density at radius 3 is 2.32 bits per heavy atom. The molecule has 28 heavy (non-hydrogen) atoms. The van der Waals surface area contributed by atoms with Crippen molar-refractivity contribution in [3.8, 4) is 5.75 Å². The third-order valence-electron chi connectivity index (χ3n) is 4.29. The maximum Gasteiger partial charge on any atom is 0.335 e. The minimum Gasteiger partial charge on any atom is -0.491 e. The first-order chi connectivity index (χ1) is 13.4. The van der Waals surface area contributed by atoms with Crippen LogP contribution in [0.25, 0.3) is 6.08 Å². The Hall–Kier alpha value is -3.12. The van der Waals surface area contributed by atoms with Gasteiger partial charge < -0.3 is 4.74 Å². The maximum absolute atomic E-state index is 12.8. The average molecular weight is 399 g/mol. The van der Waals surface area contributed by atoms with Crippen LogP contribution in [-0.2, 0) is 9.59 Å². The molecule has 0 radical (unpaired) electrons. The van der Waals surface area contributed by atoms with E-state index in [9.17, 15) is 14.4 Å². The summed E-state index contributed by atoms with van der Waals surface area (Å²) in [6.45, 7) is 4.01. The zero-order valence-corrected chi connectivity index (χ0v) is 16.2. The zero-order valence-electron chi connectivity index (χ0n) is 15.4. The molecule has 6 nitrogen and oxygen atoms in total. The van der Waals surface area contributed by atoms with Gasteiger partial charge in [-0.2, -0.15) is 0 Å². The Morgan fingerprint density at radius 2 is 1.71 bits per heavy atom. The summed E-state index contributed by atoms with van der Waals surface area (Å²) in [6, 6.07) is 12.4. The SMILES string of the molecule is CC[C@H](C)Oc1ccc(/C=C2/C(=O)NC(=O)N(c3ccc(Cl)cc3)C2=O)cc1. The molecule has 1 aliphatic heterocycles. The van der Waals surface area contributed by atoms with Crippen molar-refractivity contribution in [3.63, 3.8) is 0 Å². The Balaban J connectivity index is 1.87. The lowest BCUT2D eigenvalue weighted by molar-refractivity contribution is -0.122. The molecule has 0 spiro atoms. The number of halogens is 1. The molecule has 2 aromatic rings. The molecular weight excluding hydrogens is 380 g/mol. The van der Waals surface area contributed by atoms with Crippen LogP contribution in [0.1, 0.15) is 25.8 Å². The predicted molar refractivity (Wildman–Crippen MR) is 107 cm³/mol. The van der Waals surface area contributed by atoms with E-state index in [4.69, 9.17) is 16.3 Å². The number of nitrogens with one attached hydrogen (secondary N) is 1. The summed E-state index contributed by atoms with van der Waals surface area (Å²) in [5.41, 5.74) is 0.827. The number of carbonyl (C=O) groups excluding carboxylic acids is 3. The zero-order chi connectivity index (χ0) is 20.3. The average Bonchev–Trinajstić information content (AvgIpc) is 2.67. The molecule has 4 amide bonds. The van der Waals surface area contributed by atoms with Crippen LogP contribution in [0.3, 0.4) is 0 Å². The quantitative estimate of drug-likeness (QED) is 0.605. The van der Waals surface area contributed by atoms with Gasteiger partial charge in [-0.1, -0.05) is 30.7 Å². The number of amides is 4. The van der Waals surface area contributed by atoms with E-state index < -0.39 is 17.8 Å².